The van der Waals surface area contributed by atoms with Crippen molar-refractivity contribution in [2.24, 2.45) is 11.1 Å². The first kappa shape index (κ1) is 17.0. The Labute approximate surface area is 151 Å². The van der Waals surface area contributed by atoms with E-state index in [1.54, 1.807) is 23.0 Å². The van der Waals surface area contributed by atoms with E-state index in [-0.39, 0.29) is 17.8 Å². The Morgan fingerprint density at radius 2 is 2.19 bits per heavy atom. The van der Waals surface area contributed by atoms with Gasteiger partial charge in [0, 0.05) is 6.04 Å². The molecule has 5 nitrogen and oxygen atoms in total. The summed E-state index contributed by atoms with van der Waals surface area (Å²) in [5.41, 5.74) is 9.31. The monoisotopic (exact) mass is 355 g/mol. The van der Waals surface area contributed by atoms with Crippen LogP contribution in [0.2, 0.25) is 0 Å². The topological polar surface area (TPSA) is 70.1 Å². The lowest BCUT2D eigenvalue weighted by atomic mass is 9.63. The molecule has 2 aliphatic rings. The number of fused-ring (bicyclic) bond motifs is 2. The molecule has 0 radical (unpaired) electrons. The highest BCUT2D eigenvalue weighted by Gasteiger charge is 2.49. The predicted octanol–water partition coefficient (Wildman–Crippen LogP) is 3.01. The Bertz CT molecular complexity index is 872. The predicted molar refractivity (Wildman–Crippen MR) is 96.1 cm³/mol. The van der Waals surface area contributed by atoms with Crippen LogP contribution in [0.5, 0.6) is 0 Å². The van der Waals surface area contributed by atoms with Crippen molar-refractivity contribution in [3.05, 3.63) is 53.1 Å². The summed E-state index contributed by atoms with van der Waals surface area (Å²) in [5, 5.41) is 4.48. The van der Waals surface area contributed by atoms with E-state index in [1.807, 2.05) is 6.92 Å². The lowest BCUT2D eigenvalue weighted by Crippen LogP contribution is -2.46. The number of nitrogens with two attached hydrogens (primary N) is 1. The van der Waals surface area contributed by atoms with E-state index in [9.17, 15) is 9.18 Å². The van der Waals surface area contributed by atoms with Gasteiger partial charge in [-0.05, 0) is 68.5 Å². The summed E-state index contributed by atoms with van der Waals surface area (Å²) in [6, 6.07) is 6.23. The van der Waals surface area contributed by atoms with Crippen LogP contribution in [0.15, 0.2) is 36.0 Å². The first-order valence-corrected chi connectivity index (χ1v) is 9.00. The number of nitrogens with zero attached hydrogens (tertiary/aromatic N) is 2. The molecule has 1 aromatic carbocycles. The van der Waals surface area contributed by atoms with Crippen LogP contribution in [0.1, 0.15) is 37.4 Å². The molecule has 2 N–H and O–H groups in total. The molecule has 136 valence electrons. The number of ether oxygens (including phenoxy) is 1. The molecule has 26 heavy (non-hydrogen) atoms. The van der Waals surface area contributed by atoms with Crippen LogP contribution in [0.4, 0.5) is 4.39 Å². The van der Waals surface area contributed by atoms with Crippen molar-refractivity contribution in [2.75, 3.05) is 6.61 Å². The fourth-order valence-corrected chi connectivity index (χ4v) is 4.17. The van der Waals surface area contributed by atoms with Crippen LogP contribution in [0.3, 0.4) is 0 Å². The molecular weight excluding hydrogens is 333 g/mol. The first-order chi connectivity index (χ1) is 12.5. The summed E-state index contributed by atoms with van der Waals surface area (Å²) >= 11 is 0. The molecule has 0 bridgehead atoms. The summed E-state index contributed by atoms with van der Waals surface area (Å²) in [7, 11) is 0. The molecule has 2 aromatic rings. The van der Waals surface area contributed by atoms with E-state index < -0.39 is 5.41 Å². The summed E-state index contributed by atoms with van der Waals surface area (Å²) in [4.78, 5) is 12.8. The zero-order valence-corrected chi connectivity index (χ0v) is 14.7. The molecule has 1 fully saturated rings. The number of aromatic nitrogens is 2. The molecule has 6 heteroatoms. The Kier molecular flexibility index (Phi) is 4.15. The lowest BCUT2D eigenvalue weighted by Gasteiger charge is -2.42. The van der Waals surface area contributed by atoms with E-state index in [0.29, 0.717) is 19.4 Å². The molecule has 1 saturated carbocycles. The normalized spacial score (nSPS) is 24.4. The third-order valence-electron chi connectivity index (χ3n) is 5.44. The van der Waals surface area contributed by atoms with Crippen molar-refractivity contribution >= 4 is 12.0 Å². The number of carbonyl (C=O) groups is 1. The van der Waals surface area contributed by atoms with Gasteiger partial charge in [-0.1, -0.05) is 5.57 Å². The van der Waals surface area contributed by atoms with Gasteiger partial charge in [-0.3, -0.25) is 4.79 Å². The minimum Gasteiger partial charge on any atom is -0.465 e. The van der Waals surface area contributed by atoms with Crippen LogP contribution >= 0.6 is 0 Å². The molecule has 0 spiro atoms. The maximum absolute atomic E-state index is 13.2. The lowest BCUT2D eigenvalue weighted by molar-refractivity contribution is -0.154. The Hall–Kier alpha value is -2.47. The number of hydrogen-bond donors (Lipinski definition) is 1. The zero-order chi connectivity index (χ0) is 18.3. The number of esters is 1. The Balaban J connectivity index is 1.78. The molecule has 0 unspecified atom stereocenters. The van der Waals surface area contributed by atoms with E-state index in [4.69, 9.17) is 10.5 Å². The fourth-order valence-electron chi connectivity index (χ4n) is 4.17. The average Bonchev–Trinajstić information content (AvgIpc) is 3.03. The summed E-state index contributed by atoms with van der Waals surface area (Å²) < 4.78 is 20.4. The highest BCUT2D eigenvalue weighted by Crippen LogP contribution is 2.48. The van der Waals surface area contributed by atoms with Crippen molar-refractivity contribution in [1.29, 1.82) is 0 Å². The standard InChI is InChI=1S/C20H22FN3O2/c1-2-26-19(25)20-10-13-12-23-24(17-7-4-15(21)5-8-17)18(13)9-14(20)3-6-16(22)11-20/h4-5,7-9,12,16H,2-3,6,10-11,22H2,1H3/t16-,20-/m0/s1. The molecular formula is C20H22FN3O2. The van der Waals surface area contributed by atoms with Gasteiger partial charge in [0.25, 0.3) is 0 Å². The number of hydrogen-bond acceptors (Lipinski definition) is 4. The number of halogens is 1. The van der Waals surface area contributed by atoms with Crippen molar-refractivity contribution in [3.63, 3.8) is 0 Å². The molecule has 4 rings (SSSR count). The minimum absolute atomic E-state index is 0.00903. The van der Waals surface area contributed by atoms with Crippen LogP contribution in [-0.4, -0.2) is 28.4 Å². The van der Waals surface area contributed by atoms with Gasteiger partial charge in [0.15, 0.2) is 0 Å². The molecule has 2 aliphatic carbocycles. The van der Waals surface area contributed by atoms with Gasteiger partial charge in [-0.25, -0.2) is 9.07 Å². The quantitative estimate of drug-likeness (QED) is 0.859. The zero-order valence-electron chi connectivity index (χ0n) is 14.7. The number of benzene rings is 1. The SMILES string of the molecule is CCOC(=O)[C@]12Cc3cnn(-c4ccc(F)cc4)c3C=C1CC[C@H](N)C2. The average molecular weight is 355 g/mol. The second-order valence-electron chi connectivity index (χ2n) is 7.10. The van der Waals surface area contributed by atoms with Gasteiger partial charge in [0.05, 0.1) is 29.6 Å². The molecule has 2 atom stereocenters. The van der Waals surface area contributed by atoms with Crippen LogP contribution in [0.25, 0.3) is 11.8 Å². The van der Waals surface area contributed by atoms with Gasteiger partial charge >= 0.3 is 5.97 Å². The smallest absolute Gasteiger partial charge is 0.316 e. The highest BCUT2D eigenvalue weighted by atomic mass is 19.1. The molecule has 1 heterocycles. The second kappa shape index (κ2) is 6.36. The maximum Gasteiger partial charge on any atom is 0.316 e. The highest BCUT2D eigenvalue weighted by molar-refractivity contribution is 5.85. The van der Waals surface area contributed by atoms with Gasteiger partial charge in [-0.15, -0.1) is 0 Å². The van der Waals surface area contributed by atoms with Crippen molar-refractivity contribution in [1.82, 2.24) is 9.78 Å². The summed E-state index contributed by atoms with van der Waals surface area (Å²) in [6.07, 6.45) is 6.60. The van der Waals surface area contributed by atoms with Gasteiger partial charge in [0.1, 0.15) is 5.82 Å². The van der Waals surface area contributed by atoms with E-state index in [1.165, 1.54) is 12.1 Å². The maximum atomic E-state index is 13.2. The van der Waals surface area contributed by atoms with Gasteiger partial charge in [0.2, 0.25) is 0 Å². The number of rotatable bonds is 3. The largest absolute Gasteiger partial charge is 0.465 e. The minimum atomic E-state index is -0.683. The third-order valence-corrected chi connectivity index (χ3v) is 5.44. The summed E-state index contributed by atoms with van der Waals surface area (Å²) in [6.45, 7) is 2.17. The molecule has 0 aliphatic heterocycles. The fraction of sp³-hybridized carbons (Fsp3) is 0.400. The van der Waals surface area contributed by atoms with Crippen LogP contribution in [-0.2, 0) is 16.0 Å². The van der Waals surface area contributed by atoms with E-state index >= 15 is 0 Å². The molecule has 0 amide bonds. The van der Waals surface area contributed by atoms with E-state index in [0.717, 1.165) is 35.4 Å². The van der Waals surface area contributed by atoms with Crippen LogP contribution in [0, 0.1) is 11.2 Å². The van der Waals surface area contributed by atoms with Crippen molar-refractivity contribution in [2.45, 2.75) is 38.6 Å². The van der Waals surface area contributed by atoms with Crippen molar-refractivity contribution < 1.29 is 13.9 Å². The number of carbonyl (C=O) groups excluding carboxylic acids is 1. The van der Waals surface area contributed by atoms with Crippen molar-refractivity contribution in [3.8, 4) is 5.69 Å². The Morgan fingerprint density at radius 3 is 2.92 bits per heavy atom. The van der Waals surface area contributed by atoms with E-state index in [2.05, 4.69) is 11.2 Å². The summed E-state index contributed by atoms with van der Waals surface area (Å²) in [5.74, 6) is -0.475. The first-order valence-electron chi connectivity index (χ1n) is 9.00. The van der Waals surface area contributed by atoms with Crippen LogP contribution < -0.4 is 5.73 Å². The third kappa shape index (κ3) is 2.65. The second-order valence-corrected chi connectivity index (χ2v) is 7.10. The molecule has 1 aromatic heterocycles. The molecule has 0 saturated heterocycles. The Morgan fingerprint density at radius 1 is 1.42 bits per heavy atom. The van der Waals surface area contributed by atoms with Gasteiger partial charge < -0.3 is 10.5 Å². The van der Waals surface area contributed by atoms with Gasteiger partial charge in [-0.2, -0.15) is 5.10 Å².